The SMILES string of the molecule is CCS(=O)(=O)c1nsc(NC(=O)/C(C#N)=C\c2ccc(-c3cccc([N+](=O)[O-])c3)o2)n1. The molecule has 2 aromatic heterocycles. The summed E-state index contributed by atoms with van der Waals surface area (Å²) < 4.78 is 32.8. The van der Waals surface area contributed by atoms with Gasteiger partial charge >= 0.3 is 0 Å². The number of nitrogens with zero attached hydrogens (tertiary/aromatic N) is 4. The topological polar surface area (TPSA) is 169 Å². The quantitative estimate of drug-likeness (QED) is 0.241. The highest BCUT2D eigenvalue weighted by molar-refractivity contribution is 7.91. The number of hydrogen-bond acceptors (Lipinski definition) is 10. The lowest BCUT2D eigenvalue weighted by atomic mass is 10.1. The molecule has 11 nitrogen and oxygen atoms in total. The van der Waals surface area contributed by atoms with Gasteiger partial charge in [-0.3, -0.25) is 20.2 Å². The van der Waals surface area contributed by atoms with E-state index in [4.69, 9.17) is 4.42 Å². The Hall–Kier alpha value is -3.89. The third-order valence-electron chi connectivity index (χ3n) is 3.91. The van der Waals surface area contributed by atoms with Crippen LogP contribution in [0.25, 0.3) is 17.4 Å². The number of anilines is 1. The normalized spacial score (nSPS) is 11.7. The first-order valence-electron chi connectivity index (χ1n) is 8.57. The molecule has 0 fully saturated rings. The molecule has 1 amide bonds. The number of aromatic nitrogens is 2. The predicted octanol–water partition coefficient (Wildman–Crippen LogP) is 3.05. The Morgan fingerprint density at radius 3 is 2.84 bits per heavy atom. The number of hydrogen-bond donors (Lipinski definition) is 1. The number of nitro groups is 1. The van der Waals surface area contributed by atoms with Gasteiger partial charge in [-0.25, -0.2) is 8.42 Å². The van der Waals surface area contributed by atoms with E-state index in [1.807, 2.05) is 0 Å². The van der Waals surface area contributed by atoms with Gasteiger partial charge in [0.15, 0.2) is 0 Å². The van der Waals surface area contributed by atoms with Crippen LogP contribution in [0.5, 0.6) is 0 Å². The van der Waals surface area contributed by atoms with E-state index in [1.165, 1.54) is 37.3 Å². The molecule has 0 aliphatic carbocycles. The monoisotopic (exact) mass is 459 g/mol. The Kier molecular flexibility index (Phi) is 6.23. The number of amides is 1. The third kappa shape index (κ3) is 5.00. The van der Waals surface area contributed by atoms with E-state index in [2.05, 4.69) is 14.7 Å². The van der Waals surface area contributed by atoms with Crippen molar-refractivity contribution < 1.29 is 22.6 Å². The minimum absolute atomic E-state index is 0.0742. The number of rotatable bonds is 7. The van der Waals surface area contributed by atoms with Crippen molar-refractivity contribution in [3.63, 3.8) is 0 Å². The van der Waals surface area contributed by atoms with Gasteiger partial charge in [0, 0.05) is 35.3 Å². The second kappa shape index (κ2) is 8.86. The highest BCUT2D eigenvalue weighted by atomic mass is 32.2. The van der Waals surface area contributed by atoms with Crippen LogP contribution in [0.1, 0.15) is 12.7 Å². The van der Waals surface area contributed by atoms with Crippen LogP contribution in [0.3, 0.4) is 0 Å². The van der Waals surface area contributed by atoms with Gasteiger partial charge in [0.2, 0.25) is 15.0 Å². The zero-order valence-corrected chi connectivity index (χ0v) is 17.4. The van der Waals surface area contributed by atoms with Crippen LogP contribution in [-0.4, -0.2) is 34.4 Å². The fraction of sp³-hybridized carbons (Fsp3) is 0.111. The van der Waals surface area contributed by atoms with Gasteiger partial charge in [0.25, 0.3) is 16.8 Å². The molecule has 0 spiro atoms. The van der Waals surface area contributed by atoms with E-state index < -0.39 is 25.8 Å². The number of nitrogens with one attached hydrogen (secondary N) is 1. The molecular formula is C18H13N5O6S2. The number of nitro benzene ring substituents is 1. The average Bonchev–Trinajstić information content (AvgIpc) is 3.42. The number of benzene rings is 1. The summed E-state index contributed by atoms with van der Waals surface area (Å²) in [7, 11) is -3.62. The predicted molar refractivity (Wildman–Crippen MR) is 111 cm³/mol. The van der Waals surface area contributed by atoms with E-state index in [1.54, 1.807) is 18.2 Å². The molecule has 0 saturated carbocycles. The Bertz CT molecular complexity index is 1330. The smallest absolute Gasteiger partial charge is 0.270 e. The number of non-ortho nitro benzene ring substituents is 1. The maximum absolute atomic E-state index is 12.3. The molecule has 2 heterocycles. The maximum Gasteiger partial charge on any atom is 0.270 e. The van der Waals surface area contributed by atoms with Crippen LogP contribution >= 0.6 is 11.5 Å². The Morgan fingerprint density at radius 2 is 2.16 bits per heavy atom. The fourth-order valence-corrected chi connectivity index (χ4v) is 3.91. The first-order valence-corrected chi connectivity index (χ1v) is 11.0. The van der Waals surface area contributed by atoms with Gasteiger partial charge in [-0.05, 0) is 12.1 Å². The zero-order chi connectivity index (χ0) is 22.6. The van der Waals surface area contributed by atoms with E-state index in [0.29, 0.717) is 22.9 Å². The summed E-state index contributed by atoms with van der Waals surface area (Å²) in [5, 5.41) is 22.1. The molecule has 1 aromatic carbocycles. The molecule has 1 N–H and O–H groups in total. The summed E-state index contributed by atoms with van der Waals surface area (Å²) in [4.78, 5) is 26.5. The van der Waals surface area contributed by atoms with Gasteiger partial charge in [-0.15, -0.1) is 0 Å². The van der Waals surface area contributed by atoms with Gasteiger partial charge in [-0.1, -0.05) is 19.1 Å². The summed E-state index contributed by atoms with van der Waals surface area (Å²) in [6.07, 6.45) is 1.18. The second-order valence-electron chi connectivity index (χ2n) is 5.92. The molecule has 0 atom stereocenters. The van der Waals surface area contributed by atoms with Crippen LogP contribution in [0.2, 0.25) is 0 Å². The van der Waals surface area contributed by atoms with E-state index in [9.17, 15) is 28.6 Å². The van der Waals surface area contributed by atoms with Crippen LogP contribution < -0.4 is 5.32 Å². The molecule has 0 unspecified atom stereocenters. The lowest BCUT2D eigenvalue weighted by molar-refractivity contribution is -0.384. The van der Waals surface area contributed by atoms with Crippen molar-refractivity contribution in [2.45, 2.75) is 12.1 Å². The maximum atomic E-state index is 12.3. The number of carbonyl (C=O) groups is 1. The third-order valence-corrected chi connectivity index (χ3v) is 6.15. The average molecular weight is 459 g/mol. The first kappa shape index (κ1) is 21.8. The number of carbonyl (C=O) groups excluding carboxylic acids is 1. The molecule has 0 bridgehead atoms. The van der Waals surface area contributed by atoms with Gasteiger partial charge < -0.3 is 4.42 Å². The van der Waals surface area contributed by atoms with Crippen molar-refractivity contribution in [3.8, 4) is 17.4 Å². The summed E-state index contributed by atoms with van der Waals surface area (Å²) in [5.74, 6) is -0.537. The molecule has 158 valence electrons. The summed E-state index contributed by atoms with van der Waals surface area (Å²) in [6, 6.07) is 10.6. The Morgan fingerprint density at radius 1 is 1.39 bits per heavy atom. The lowest BCUT2D eigenvalue weighted by Crippen LogP contribution is -2.13. The number of nitriles is 1. The van der Waals surface area contributed by atoms with E-state index >= 15 is 0 Å². The van der Waals surface area contributed by atoms with Gasteiger partial charge in [0.1, 0.15) is 23.2 Å². The number of furan rings is 1. The first-order chi connectivity index (χ1) is 14.7. The highest BCUT2D eigenvalue weighted by Crippen LogP contribution is 2.26. The molecular weight excluding hydrogens is 446 g/mol. The van der Waals surface area contributed by atoms with E-state index in [-0.39, 0.29) is 27.9 Å². The Balaban J connectivity index is 1.80. The highest BCUT2D eigenvalue weighted by Gasteiger charge is 2.20. The van der Waals surface area contributed by atoms with Crippen LogP contribution in [0.15, 0.2) is 51.5 Å². The van der Waals surface area contributed by atoms with Crippen molar-refractivity contribution >= 4 is 44.2 Å². The summed E-state index contributed by atoms with van der Waals surface area (Å²) in [6.45, 7) is 1.44. The molecule has 0 aliphatic heterocycles. The van der Waals surface area contributed by atoms with Crippen LogP contribution in [-0.2, 0) is 14.6 Å². The van der Waals surface area contributed by atoms with Crippen LogP contribution in [0, 0.1) is 21.4 Å². The number of sulfone groups is 1. The molecule has 0 radical (unpaired) electrons. The largest absolute Gasteiger partial charge is 0.457 e. The summed E-state index contributed by atoms with van der Waals surface area (Å²) in [5.41, 5.74) is 0.0231. The van der Waals surface area contributed by atoms with Crippen molar-refractivity contribution in [1.29, 1.82) is 5.26 Å². The fourth-order valence-electron chi connectivity index (χ4n) is 2.33. The van der Waals surface area contributed by atoms with Crippen LogP contribution in [0.4, 0.5) is 10.8 Å². The second-order valence-corrected chi connectivity index (χ2v) is 8.84. The minimum Gasteiger partial charge on any atom is -0.457 e. The molecule has 3 rings (SSSR count). The Labute approximate surface area is 179 Å². The minimum atomic E-state index is -3.62. The summed E-state index contributed by atoms with van der Waals surface area (Å²) >= 11 is 0.672. The van der Waals surface area contributed by atoms with Gasteiger partial charge in [-0.2, -0.15) is 14.6 Å². The molecule has 3 aromatic rings. The standard InChI is InChI=1S/C18H13N5O6S2/c1-2-31(27,28)18-21-17(30-22-18)20-16(24)12(10-19)9-14-6-7-15(29-14)11-4-3-5-13(8-11)23(25)26/h3-9H,2H2,1H3,(H,20,21,22,24)/b12-9-. The zero-order valence-electron chi connectivity index (χ0n) is 15.8. The lowest BCUT2D eigenvalue weighted by Gasteiger charge is -1.99. The van der Waals surface area contributed by atoms with Crippen molar-refractivity contribution in [2.24, 2.45) is 0 Å². The van der Waals surface area contributed by atoms with E-state index in [0.717, 1.165) is 0 Å². The molecule has 13 heteroatoms. The molecule has 0 saturated heterocycles. The van der Waals surface area contributed by atoms with Crippen molar-refractivity contribution in [2.75, 3.05) is 11.1 Å². The van der Waals surface area contributed by atoms with Gasteiger partial charge in [0.05, 0.1) is 10.7 Å². The molecule has 31 heavy (non-hydrogen) atoms. The van der Waals surface area contributed by atoms with Crippen molar-refractivity contribution in [1.82, 2.24) is 9.36 Å². The van der Waals surface area contributed by atoms with Crippen molar-refractivity contribution in [3.05, 3.63) is 57.8 Å². The molecule has 0 aliphatic rings.